The molecule has 1 aliphatic rings. The monoisotopic (exact) mass is 319 g/mol. The number of aromatic carboxylic acids is 1. The Kier molecular flexibility index (Phi) is 4.66. The first-order valence-electron chi connectivity index (χ1n) is 6.03. The van der Waals surface area contributed by atoms with Crippen molar-refractivity contribution in [2.75, 3.05) is 24.6 Å². The van der Waals surface area contributed by atoms with E-state index in [1.807, 2.05) is 0 Å². The van der Waals surface area contributed by atoms with E-state index in [1.165, 1.54) is 4.31 Å². The summed E-state index contributed by atoms with van der Waals surface area (Å²) < 4.78 is 39.8. The van der Waals surface area contributed by atoms with Crippen molar-refractivity contribution in [1.29, 1.82) is 0 Å². The van der Waals surface area contributed by atoms with Crippen molar-refractivity contribution in [3.05, 3.63) is 29.6 Å². The van der Waals surface area contributed by atoms with E-state index < -0.39 is 26.7 Å². The van der Waals surface area contributed by atoms with Crippen LogP contribution in [0.4, 0.5) is 4.39 Å². The molecule has 1 aromatic carbocycles. The van der Waals surface area contributed by atoms with Crippen molar-refractivity contribution < 1.29 is 22.7 Å². The third-order valence-electron chi connectivity index (χ3n) is 2.98. The van der Waals surface area contributed by atoms with Gasteiger partial charge < -0.3 is 5.11 Å². The standard InChI is InChI=1S/C12H14FNO4S2/c13-10-3-2-9(12(15)16)8-11(10)20(17,18)14-4-1-6-19-7-5-14/h2-3,8H,1,4-7H2,(H,15,16). The van der Waals surface area contributed by atoms with Crippen LogP contribution in [0.3, 0.4) is 0 Å². The summed E-state index contributed by atoms with van der Waals surface area (Å²) in [6.45, 7) is 0.635. The Balaban J connectivity index is 2.42. The summed E-state index contributed by atoms with van der Waals surface area (Å²) in [6, 6.07) is 2.81. The quantitative estimate of drug-likeness (QED) is 0.917. The SMILES string of the molecule is O=C(O)c1ccc(F)c(S(=O)(=O)N2CCCSCC2)c1. The number of benzene rings is 1. The molecule has 1 N–H and O–H groups in total. The summed E-state index contributed by atoms with van der Waals surface area (Å²) in [6.07, 6.45) is 0.699. The molecule has 0 saturated carbocycles. The summed E-state index contributed by atoms with van der Waals surface area (Å²) in [7, 11) is -3.99. The van der Waals surface area contributed by atoms with E-state index in [1.54, 1.807) is 11.8 Å². The number of sulfonamides is 1. The first-order chi connectivity index (χ1) is 9.43. The number of halogens is 1. The summed E-state index contributed by atoms with van der Waals surface area (Å²) >= 11 is 1.65. The van der Waals surface area contributed by atoms with Gasteiger partial charge in [0.15, 0.2) is 0 Å². The number of carbonyl (C=O) groups is 1. The smallest absolute Gasteiger partial charge is 0.335 e. The van der Waals surface area contributed by atoms with Crippen molar-refractivity contribution in [2.24, 2.45) is 0 Å². The molecular weight excluding hydrogens is 305 g/mol. The van der Waals surface area contributed by atoms with Crippen molar-refractivity contribution in [2.45, 2.75) is 11.3 Å². The van der Waals surface area contributed by atoms with Gasteiger partial charge in [-0.2, -0.15) is 16.1 Å². The third kappa shape index (κ3) is 3.13. The molecule has 8 heteroatoms. The van der Waals surface area contributed by atoms with Gasteiger partial charge in [0.25, 0.3) is 0 Å². The molecule has 1 fully saturated rings. The average Bonchev–Trinajstić information content (AvgIpc) is 2.68. The molecule has 0 spiro atoms. The highest BCUT2D eigenvalue weighted by molar-refractivity contribution is 7.99. The van der Waals surface area contributed by atoms with Gasteiger partial charge in [0.05, 0.1) is 5.56 Å². The number of thioether (sulfide) groups is 1. The molecule has 1 aliphatic heterocycles. The third-order valence-corrected chi connectivity index (χ3v) is 5.94. The van der Waals surface area contributed by atoms with Crippen molar-refractivity contribution in [3.8, 4) is 0 Å². The molecular formula is C12H14FNO4S2. The molecule has 2 rings (SSSR count). The van der Waals surface area contributed by atoms with Gasteiger partial charge in [-0.3, -0.25) is 0 Å². The highest BCUT2D eigenvalue weighted by atomic mass is 32.2. The summed E-state index contributed by atoms with van der Waals surface area (Å²) in [5.74, 6) is -0.692. The molecule has 1 heterocycles. The molecule has 0 aliphatic carbocycles. The lowest BCUT2D eigenvalue weighted by Gasteiger charge is -2.20. The highest BCUT2D eigenvalue weighted by Gasteiger charge is 2.28. The normalized spacial score (nSPS) is 17.6. The average molecular weight is 319 g/mol. The molecule has 5 nitrogen and oxygen atoms in total. The van der Waals surface area contributed by atoms with Crippen LogP contribution in [0.1, 0.15) is 16.8 Å². The van der Waals surface area contributed by atoms with E-state index in [0.29, 0.717) is 25.3 Å². The van der Waals surface area contributed by atoms with Gasteiger partial charge in [-0.1, -0.05) is 0 Å². The summed E-state index contributed by atoms with van der Waals surface area (Å²) in [5, 5.41) is 8.89. The van der Waals surface area contributed by atoms with Gasteiger partial charge in [0.1, 0.15) is 10.7 Å². The second-order valence-electron chi connectivity index (χ2n) is 4.32. The molecule has 1 aromatic rings. The topological polar surface area (TPSA) is 74.7 Å². The van der Waals surface area contributed by atoms with Crippen LogP contribution in [0.15, 0.2) is 23.1 Å². The second kappa shape index (κ2) is 6.11. The molecule has 110 valence electrons. The molecule has 1 saturated heterocycles. The molecule has 0 bridgehead atoms. The van der Waals surface area contributed by atoms with Crippen LogP contribution >= 0.6 is 11.8 Å². The lowest BCUT2D eigenvalue weighted by molar-refractivity contribution is 0.0696. The number of nitrogens with zero attached hydrogens (tertiary/aromatic N) is 1. The lowest BCUT2D eigenvalue weighted by atomic mass is 10.2. The Bertz CT molecular complexity index is 610. The zero-order valence-electron chi connectivity index (χ0n) is 10.6. The first-order valence-corrected chi connectivity index (χ1v) is 8.63. The van der Waals surface area contributed by atoms with Crippen molar-refractivity contribution in [1.82, 2.24) is 4.31 Å². The maximum absolute atomic E-state index is 13.8. The Morgan fingerprint density at radius 2 is 2.05 bits per heavy atom. The number of carboxylic acids is 1. The van der Waals surface area contributed by atoms with Crippen LogP contribution in [-0.4, -0.2) is 48.4 Å². The van der Waals surface area contributed by atoms with Gasteiger partial charge in [-0.15, -0.1) is 0 Å². The highest BCUT2D eigenvalue weighted by Crippen LogP contribution is 2.23. The van der Waals surface area contributed by atoms with E-state index >= 15 is 0 Å². The van der Waals surface area contributed by atoms with Crippen LogP contribution in [0.25, 0.3) is 0 Å². The maximum Gasteiger partial charge on any atom is 0.335 e. The van der Waals surface area contributed by atoms with Crippen LogP contribution in [-0.2, 0) is 10.0 Å². The minimum Gasteiger partial charge on any atom is -0.478 e. The molecule has 0 atom stereocenters. The molecule has 0 amide bonds. The predicted octanol–water partition coefficient (Wildman–Crippen LogP) is 1.65. The van der Waals surface area contributed by atoms with Gasteiger partial charge in [-0.25, -0.2) is 17.6 Å². The fraction of sp³-hybridized carbons (Fsp3) is 0.417. The maximum atomic E-state index is 13.8. The van der Waals surface area contributed by atoms with E-state index in [-0.39, 0.29) is 5.56 Å². The number of carboxylic acid groups (broad SMARTS) is 1. The van der Waals surface area contributed by atoms with Gasteiger partial charge in [0.2, 0.25) is 10.0 Å². The number of rotatable bonds is 3. The fourth-order valence-corrected chi connectivity index (χ4v) is 4.51. The van der Waals surface area contributed by atoms with Crippen LogP contribution in [0.5, 0.6) is 0 Å². The minimum absolute atomic E-state index is 0.242. The summed E-state index contributed by atoms with van der Waals surface area (Å²) in [4.78, 5) is 10.3. The molecule has 0 unspecified atom stereocenters. The van der Waals surface area contributed by atoms with Crippen molar-refractivity contribution in [3.63, 3.8) is 0 Å². The van der Waals surface area contributed by atoms with E-state index in [9.17, 15) is 17.6 Å². The molecule has 20 heavy (non-hydrogen) atoms. The van der Waals surface area contributed by atoms with Gasteiger partial charge in [0, 0.05) is 18.8 Å². The lowest BCUT2D eigenvalue weighted by Crippen LogP contribution is -2.33. The molecule has 0 radical (unpaired) electrons. The van der Waals surface area contributed by atoms with Crippen LogP contribution < -0.4 is 0 Å². The Morgan fingerprint density at radius 1 is 1.30 bits per heavy atom. The van der Waals surface area contributed by atoms with Crippen LogP contribution in [0, 0.1) is 5.82 Å². The van der Waals surface area contributed by atoms with Gasteiger partial charge in [-0.05, 0) is 30.4 Å². The largest absolute Gasteiger partial charge is 0.478 e. The number of hydrogen-bond donors (Lipinski definition) is 1. The first kappa shape index (κ1) is 15.3. The minimum atomic E-state index is -3.99. The number of hydrogen-bond acceptors (Lipinski definition) is 4. The zero-order chi connectivity index (χ0) is 14.8. The zero-order valence-corrected chi connectivity index (χ0v) is 12.2. The predicted molar refractivity (Wildman–Crippen MR) is 74.1 cm³/mol. The molecule has 0 aromatic heterocycles. The fourth-order valence-electron chi connectivity index (χ4n) is 1.94. The summed E-state index contributed by atoms with van der Waals surface area (Å²) in [5.41, 5.74) is -0.242. The van der Waals surface area contributed by atoms with Gasteiger partial charge >= 0.3 is 5.97 Å². The second-order valence-corrected chi connectivity index (χ2v) is 7.45. The van der Waals surface area contributed by atoms with Crippen LogP contribution in [0.2, 0.25) is 0 Å². The Labute approximate surface area is 120 Å². The van der Waals surface area contributed by atoms with E-state index in [0.717, 1.165) is 24.0 Å². The Morgan fingerprint density at radius 3 is 2.75 bits per heavy atom. The van der Waals surface area contributed by atoms with E-state index in [2.05, 4.69) is 0 Å². The Hall–Kier alpha value is -1.12. The van der Waals surface area contributed by atoms with Crippen molar-refractivity contribution >= 4 is 27.8 Å². The van der Waals surface area contributed by atoms with E-state index in [4.69, 9.17) is 5.11 Å².